The van der Waals surface area contributed by atoms with Crippen LogP contribution in [0, 0.1) is 0 Å². The Labute approximate surface area is 93.0 Å². The molecular formula is C12H13NO3. The standard InChI is InChI=1S/C12H13NO3/c1-2-15-7-9-5-3-4-8-6-10(12(13)14)16-11(8)9/h3-6H,2,7H2,1H3,(H2,13,14). The second-order valence-electron chi connectivity index (χ2n) is 3.45. The lowest BCUT2D eigenvalue weighted by atomic mass is 10.1. The molecule has 0 aliphatic rings. The molecule has 2 rings (SSSR count). The lowest BCUT2D eigenvalue weighted by molar-refractivity contribution is 0.0975. The van der Waals surface area contributed by atoms with Gasteiger partial charge in [0.25, 0.3) is 5.91 Å². The Hall–Kier alpha value is -1.81. The average Bonchev–Trinajstić information content (AvgIpc) is 2.70. The summed E-state index contributed by atoms with van der Waals surface area (Å²) in [5.41, 5.74) is 6.76. The van der Waals surface area contributed by atoms with Crippen molar-refractivity contribution in [3.05, 3.63) is 35.6 Å². The molecule has 0 saturated heterocycles. The van der Waals surface area contributed by atoms with E-state index >= 15 is 0 Å². The van der Waals surface area contributed by atoms with E-state index in [0.29, 0.717) is 18.8 Å². The van der Waals surface area contributed by atoms with Crippen molar-refractivity contribution >= 4 is 16.9 Å². The third-order valence-electron chi connectivity index (χ3n) is 2.33. The van der Waals surface area contributed by atoms with E-state index < -0.39 is 5.91 Å². The molecule has 1 aromatic carbocycles. The first kappa shape index (κ1) is 10.7. The van der Waals surface area contributed by atoms with Gasteiger partial charge in [-0.25, -0.2) is 0 Å². The maximum atomic E-state index is 11.0. The number of hydrogen-bond acceptors (Lipinski definition) is 3. The van der Waals surface area contributed by atoms with E-state index in [4.69, 9.17) is 14.9 Å². The Morgan fingerprint density at radius 2 is 2.31 bits per heavy atom. The van der Waals surface area contributed by atoms with Gasteiger partial charge in [-0.1, -0.05) is 18.2 Å². The van der Waals surface area contributed by atoms with Crippen LogP contribution in [0.25, 0.3) is 11.0 Å². The van der Waals surface area contributed by atoms with Gasteiger partial charge in [-0.2, -0.15) is 0 Å². The smallest absolute Gasteiger partial charge is 0.284 e. The molecule has 0 radical (unpaired) electrons. The van der Waals surface area contributed by atoms with Gasteiger partial charge in [0.1, 0.15) is 5.58 Å². The fourth-order valence-corrected chi connectivity index (χ4v) is 1.57. The Kier molecular flexibility index (Phi) is 2.92. The van der Waals surface area contributed by atoms with Gasteiger partial charge in [-0.3, -0.25) is 4.79 Å². The van der Waals surface area contributed by atoms with Crippen molar-refractivity contribution in [2.45, 2.75) is 13.5 Å². The largest absolute Gasteiger partial charge is 0.451 e. The van der Waals surface area contributed by atoms with E-state index in [2.05, 4.69) is 0 Å². The predicted molar refractivity (Wildman–Crippen MR) is 60.1 cm³/mol. The minimum absolute atomic E-state index is 0.180. The summed E-state index contributed by atoms with van der Waals surface area (Å²) in [5, 5.41) is 0.867. The zero-order valence-corrected chi connectivity index (χ0v) is 9.03. The molecule has 0 bridgehead atoms. The topological polar surface area (TPSA) is 65.5 Å². The maximum Gasteiger partial charge on any atom is 0.284 e. The van der Waals surface area contributed by atoms with Crippen molar-refractivity contribution in [3.63, 3.8) is 0 Å². The summed E-state index contributed by atoms with van der Waals surface area (Å²) in [6, 6.07) is 7.33. The molecule has 2 N–H and O–H groups in total. The lowest BCUT2D eigenvalue weighted by Gasteiger charge is -2.01. The number of nitrogens with two attached hydrogens (primary N) is 1. The van der Waals surface area contributed by atoms with E-state index in [-0.39, 0.29) is 5.76 Å². The van der Waals surface area contributed by atoms with Crippen LogP contribution < -0.4 is 5.73 Å². The number of primary amides is 1. The first-order valence-electron chi connectivity index (χ1n) is 5.11. The number of amides is 1. The van der Waals surface area contributed by atoms with Gasteiger partial charge < -0.3 is 14.9 Å². The molecule has 0 aliphatic carbocycles. The number of benzene rings is 1. The highest BCUT2D eigenvalue weighted by Gasteiger charge is 2.11. The summed E-state index contributed by atoms with van der Waals surface area (Å²) in [5.74, 6) is -0.377. The highest BCUT2D eigenvalue weighted by molar-refractivity contribution is 5.95. The molecule has 2 aromatic rings. The van der Waals surface area contributed by atoms with Crippen LogP contribution in [0.15, 0.2) is 28.7 Å². The zero-order chi connectivity index (χ0) is 11.5. The number of carbonyl (C=O) groups is 1. The molecule has 1 heterocycles. The number of rotatable bonds is 4. The molecule has 0 aliphatic heterocycles. The summed E-state index contributed by atoms with van der Waals surface area (Å²) < 4.78 is 10.7. The van der Waals surface area contributed by atoms with Gasteiger partial charge in [0, 0.05) is 17.6 Å². The van der Waals surface area contributed by atoms with Gasteiger partial charge in [-0.05, 0) is 13.0 Å². The van der Waals surface area contributed by atoms with Crippen molar-refractivity contribution in [3.8, 4) is 0 Å². The second-order valence-corrected chi connectivity index (χ2v) is 3.45. The minimum Gasteiger partial charge on any atom is -0.451 e. The van der Waals surface area contributed by atoms with E-state index in [1.807, 2.05) is 25.1 Å². The van der Waals surface area contributed by atoms with Crippen LogP contribution in [0.5, 0.6) is 0 Å². The summed E-state index contributed by atoms with van der Waals surface area (Å²) >= 11 is 0. The molecule has 1 amide bonds. The van der Waals surface area contributed by atoms with Gasteiger partial charge in [-0.15, -0.1) is 0 Å². The minimum atomic E-state index is -0.557. The van der Waals surface area contributed by atoms with Crippen LogP contribution in [-0.4, -0.2) is 12.5 Å². The number of fused-ring (bicyclic) bond motifs is 1. The SMILES string of the molecule is CCOCc1cccc2cc(C(N)=O)oc12. The lowest BCUT2D eigenvalue weighted by Crippen LogP contribution is -2.09. The van der Waals surface area contributed by atoms with Crippen LogP contribution >= 0.6 is 0 Å². The average molecular weight is 219 g/mol. The second kappa shape index (κ2) is 4.37. The van der Waals surface area contributed by atoms with Crippen molar-refractivity contribution in [1.29, 1.82) is 0 Å². The molecule has 0 unspecified atom stereocenters. The molecule has 0 fully saturated rings. The van der Waals surface area contributed by atoms with Gasteiger partial charge >= 0.3 is 0 Å². The molecule has 16 heavy (non-hydrogen) atoms. The van der Waals surface area contributed by atoms with E-state index in [1.165, 1.54) is 0 Å². The number of ether oxygens (including phenoxy) is 1. The summed E-state index contributed by atoms with van der Waals surface area (Å²) in [7, 11) is 0. The Bertz CT molecular complexity index is 516. The van der Waals surface area contributed by atoms with Gasteiger partial charge in [0.15, 0.2) is 5.76 Å². The van der Waals surface area contributed by atoms with Crippen LogP contribution in [0.3, 0.4) is 0 Å². The van der Waals surface area contributed by atoms with E-state index in [9.17, 15) is 4.79 Å². The maximum absolute atomic E-state index is 11.0. The summed E-state index contributed by atoms with van der Waals surface area (Å²) in [4.78, 5) is 11.0. The Morgan fingerprint density at radius 3 is 3.00 bits per heavy atom. The highest BCUT2D eigenvalue weighted by Crippen LogP contribution is 2.23. The molecule has 4 nitrogen and oxygen atoms in total. The number of carbonyl (C=O) groups excluding carboxylic acids is 1. The first-order chi connectivity index (χ1) is 7.72. The van der Waals surface area contributed by atoms with Crippen LogP contribution in [0.1, 0.15) is 23.0 Å². The summed E-state index contributed by atoms with van der Waals surface area (Å²) in [6.07, 6.45) is 0. The monoisotopic (exact) mass is 219 g/mol. The highest BCUT2D eigenvalue weighted by atomic mass is 16.5. The van der Waals surface area contributed by atoms with Gasteiger partial charge in [0.05, 0.1) is 6.61 Å². The zero-order valence-electron chi connectivity index (χ0n) is 9.03. The van der Waals surface area contributed by atoms with Crippen molar-refractivity contribution in [2.24, 2.45) is 5.73 Å². The Balaban J connectivity index is 2.45. The van der Waals surface area contributed by atoms with Gasteiger partial charge in [0.2, 0.25) is 0 Å². The third kappa shape index (κ3) is 1.92. The molecule has 4 heteroatoms. The molecule has 0 saturated carbocycles. The fraction of sp³-hybridized carbons (Fsp3) is 0.250. The number of para-hydroxylation sites is 1. The van der Waals surface area contributed by atoms with Crippen molar-refractivity contribution in [1.82, 2.24) is 0 Å². The van der Waals surface area contributed by atoms with Crippen molar-refractivity contribution < 1.29 is 13.9 Å². The molecule has 0 spiro atoms. The predicted octanol–water partition coefficient (Wildman–Crippen LogP) is 2.07. The number of hydrogen-bond donors (Lipinski definition) is 1. The Morgan fingerprint density at radius 1 is 1.50 bits per heavy atom. The molecule has 1 aromatic heterocycles. The van der Waals surface area contributed by atoms with E-state index in [1.54, 1.807) is 6.07 Å². The van der Waals surface area contributed by atoms with Crippen LogP contribution in [0.4, 0.5) is 0 Å². The van der Waals surface area contributed by atoms with Crippen LogP contribution in [-0.2, 0) is 11.3 Å². The summed E-state index contributed by atoms with van der Waals surface area (Å²) in [6.45, 7) is 3.04. The first-order valence-corrected chi connectivity index (χ1v) is 5.11. The third-order valence-corrected chi connectivity index (χ3v) is 2.33. The van der Waals surface area contributed by atoms with Crippen molar-refractivity contribution in [2.75, 3.05) is 6.61 Å². The van der Waals surface area contributed by atoms with E-state index in [0.717, 1.165) is 10.9 Å². The fourth-order valence-electron chi connectivity index (χ4n) is 1.57. The number of furan rings is 1. The molecule has 0 atom stereocenters. The quantitative estimate of drug-likeness (QED) is 0.856. The normalized spacial score (nSPS) is 10.8. The molecular weight excluding hydrogens is 206 g/mol. The molecule has 84 valence electrons. The van der Waals surface area contributed by atoms with Crippen LogP contribution in [0.2, 0.25) is 0 Å².